The maximum Gasteiger partial charge on any atom is 0.350 e. The quantitative estimate of drug-likeness (QED) is 0.125. The van der Waals surface area contributed by atoms with Crippen LogP contribution in [-0.2, 0) is 14.3 Å². The van der Waals surface area contributed by atoms with E-state index in [1.807, 2.05) is 0 Å². The van der Waals surface area contributed by atoms with Crippen LogP contribution in [-0.4, -0.2) is 41.0 Å². The zero-order chi connectivity index (χ0) is 27.4. The molecule has 1 aromatic heterocycles. The maximum atomic E-state index is 14.3. The van der Waals surface area contributed by atoms with Crippen LogP contribution < -0.4 is 9.64 Å². The molecule has 1 saturated heterocycles. The fourth-order valence-electron chi connectivity index (χ4n) is 4.09. The van der Waals surface area contributed by atoms with E-state index >= 15 is 0 Å². The number of unbranched alkanes of at least 4 members (excludes halogenated alkanes) is 1. The molecule has 1 aliphatic rings. The van der Waals surface area contributed by atoms with E-state index in [4.69, 9.17) is 9.47 Å². The van der Waals surface area contributed by atoms with Gasteiger partial charge in [0.25, 0.3) is 5.78 Å². The van der Waals surface area contributed by atoms with Crippen LogP contribution in [0.3, 0.4) is 0 Å². The van der Waals surface area contributed by atoms with E-state index in [1.54, 1.807) is 44.2 Å². The number of hydrogen-bond donors (Lipinski definition) is 1. The second-order valence-electron chi connectivity index (χ2n) is 8.58. The molecule has 38 heavy (non-hydrogen) atoms. The second kappa shape index (κ2) is 11.6. The summed E-state index contributed by atoms with van der Waals surface area (Å²) in [7, 11) is 0. The van der Waals surface area contributed by atoms with Gasteiger partial charge in [0.1, 0.15) is 22.2 Å². The standard InChI is InChI=1S/C28H27FN2O6S/c1-4-6-14-37-20-12-10-17(11-13-20)23(32)21-22(18-8-7-9-19(29)15-18)31(26(34)24(21)33)28-30-16(3)25(38-28)27(35)36-5-2/h7-13,15,22,32H,4-6,14H2,1-3H3/t22-/m0/s1. The number of esters is 1. The van der Waals surface area contributed by atoms with E-state index in [0.717, 1.165) is 29.1 Å². The number of thiazole rings is 1. The van der Waals surface area contributed by atoms with Crippen molar-refractivity contribution in [2.45, 2.75) is 39.7 Å². The van der Waals surface area contributed by atoms with Gasteiger partial charge in [-0.2, -0.15) is 0 Å². The highest BCUT2D eigenvalue weighted by atomic mass is 32.1. The van der Waals surface area contributed by atoms with Gasteiger partial charge in [0.15, 0.2) is 5.13 Å². The number of nitrogens with zero attached hydrogens (tertiary/aromatic N) is 2. The SMILES string of the molecule is CCCCOc1ccc(C(O)=C2C(=O)C(=O)N(c3nc(C)c(C(=O)OCC)s3)[C@H]2c2cccc(F)c2)cc1. The summed E-state index contributed by atoms with van der Waals surface area (Å²) < 4.78 is 25.0. The molecule has 0 spiro atoms. The number of aliphatic hydroxyl groups excluding tert-OH is 1. The Kier molecular flexibility index (Phi) is 8.21. The molecule has 8 nitrogen and oxygen atoms in total. The Labute approximate surface area is 223 Å². The molecule has 1 fully saturated rings. The van der Waals surface area contributed by atoms with Crippen LogP contribution in [0.2, 0.25) is 0 Å². The first-order chi connectivity index (χ1) is 18.3. The average molecular weight is 539 g/mol. The van der Waals surface area contributed by atoms with E-state index in [1.165, 1.54) is 18.2 Å². The molecule has 0 saturated carbocycles. The summed E-state index contributed by atoms with van der Waals surface area (Å²) >= 11 is 0.887. The molecular weight excluding hydrogens is 511 g/mol. The third-order valence-corrected chi connectivity index (χ3v) is 7.09. The number of aryl methyl sites for hydroxylation is 1. The molecule has 0 aliphatic carbocycles. The van der Waals surface area contributed by atoms with Crippen molar-refractivity contribution in [2.24, 2.45) is 0 Å². The number of carbonyl (C=O) groups is 3. The lowest BCUT2D eigenvalue weighted by atomic mass is 9.95. The van der Waals surface area contributed by atoms with Crippen LogP contribution in [0.15, 0.2) is 54.1 Å². The van der Waals surface area contributed by atoms with Crippen molar-refractivity contribution in [1.82, 2.24) is 4.98 Å². The Morgan fingerprint density at radius 3 is 2.55 bits per heavy atom. The largest absolute Gasteiger partial charge is 0.507 e. The lowest BCUT2D eigenvalue weighted by molar-refractivity contribution is -0.132. The number of rotatable bonds is 9. The van der Waals surface area contributed by atoms with Crippen LogP contribution in [0.4, 0.5) is 9.52 Å². The predicted molar refractivity (Wildman–Crippen MR) is 141 cm³/mol. The number of benzene rings is 2. The van der Waals surface area contributed by atoms with E-state index in [0.29, 0.717) is 18.1 Å². The number of carbonyl (C=O) groups excluding carboxylic acids is 3. The number of hydrogen-bond acceptors (Lipinski definition) is 8. The maximum absolute atomic E-state index is 14.3. The third-order valence-electron chi connectivity index (χ3n) is 5.96. The number of ketones is 1. The van der Waals surface area contributed by atoms with Crippen LogP contribution in [0.25, 0.3) is 5.76 Å². The third kappa shape index (κ3) is 5.31. The van der Waals surface area contributed by atoms with E-state index in [2.05, 4.69) is 11.9 Å². The molecule has 0 unspecified atom stereocenters. The van der Waals surface area contributed by atoms with Crippen molar-refractivity contribution in [1.29, 1.82) is 0 Å². The monoisotopic (exact) mass is 538 g/mol. The predicted octanol–water partition coefficient (Wildman–Crippen LogP) is 5.57. The minimum atomic E-state index is -1.17. The Hall–Kier alpha value is -4.05. The summed E-state index contributed by atoms with van der Waals surface area (Å²) in [6.45, 7) is 6.01. The first kappa shape index (κ1) is 27.0. The molecule has 2 heterocycles. The molecule has 1 N–H and O–H groups in total. The molecular formula is C28H27FN2O6S. The second-order valence-corrected chi connectivity index (χ2v) is 9.56. The number of aliphatic hydroxyl groups is 1. The summed E-state index contributed by atoms with van der Waals surface area (Å²) in [6, 6.07) is 10.7. The van der Waals surface area contributed by atoms with Gasteiger partial charge in [0, 0.05) is 5.56 Å². The lowest BCUT2D eigenvalue weighted by Crippen LogP contribution is -2.29. The van der Waals surface area contributed by atoms with Crippen LogP contribution in [0.5, 0.6) is 5.75 Å². The minimum absolute atomic E-state index is 0.0561. The molecule has 10 heteroatoms. The highest BCUT2D eigenvalue weighted by Crippen LogP contribution is 2.44. The fourth-order valence-corrected chi connectivity index (χ4v) is 5.08. The number of Topliss-reactive ketones (excluding diaryl/α,β-unsaturated/α-hetero) is 1. The average Bonchev–Trinajstić information content (AvgIpc) is 3.41. The van der Waals surface area contributed by atoms with Crippen molar-refractivity contribution >= 4 is 39.9 Å². The van der Waals surface area contributed by atoms with E-state index in [9.17, 15) is 23.9 Å². The number of halogens is 1. The Morgan fingerprint density at radius 1 is 1.16 bits per heavy atom. The summed E-state index contributed by atoms with van der Waals surface area (Å²) in [5, 5.41) is 11.3. The van der Waals surface area contributed by atoms with Crippen LogP contribution >= 0.6 is 11.3 Å². The molecule has 0 bridgehead atoms. The summed E-state index contributed by atoms with van der Waals surface area (Å²) in [4.78, 5) is 44.6. The van der Waals surface area contributed by atoms with Crippen molar-refractivity contribution in [3.63, 3.8) is 0 Å². The van der Waals surface area contributed by atoms with Gasteiger partial charge in [-0.1, -0.05) is 36.8 Å². The zero-order valence-corrected chi connectivity index (χ0v) is 22.0. The van der Waals surface area contributed by atoms with Gasteiger partial charge >= 0.3 is 11.9 Å². The van der Waals surface area contributed by atoms with Crippen LogP contribution in [0, 0.1) is 12.7 Å². The molecule has 3 aromatic rings. The van der Waals surface area contributed by atoms with E-state index in [-0.39, 0.29) is 33.3 Å². The van der Waals surface area contributed by atoms with Crippen molar-refractivity contribution in [2.75, 3.05) is 18.1 Å². The van der Waals surface area contributed by atoms with E-state index < -0.39 is 35.3 Å². The summed E-state index contributed by atoms with van der Waals surface area (Å²) in [5.41, 5.74) is 0.651. The van der Waals surface area contributed by atoms with Gasteiger partial charge in [0.05, 0.1) is 30.5 Å². The first-order valence-electron chi connectivity index (χ1n) is 12.2. The van der Waals surface area contributed by atoms with Crippen LogP contribution in [0.1, 0.15) is 59.2 Å². The molecule has 198 valence electrons. The minimum Gasteiger partial charge on any atom is -0.507 e. The Morgan fingerprint density at radius 2 is 1.89 bits per heavy atom. The van der Waals surface area contributed by atoms with Crippen molar-refractivity contribution in [3.05, 3.63) is 81.6 Å². The molecule has 1 atom stereocenters. The molecule has 0 radical (unpaired) electrons. The molecule has 1 aliphatic heterocycles. The normalized spacial score (nSPS) is 16.6. The Balaban J connectivity index is 1.81. The first-order valence-corrected chi connectivity index (χ1v) is 13.0. The number of aromatic nitrogens is 1. The summed E-state index contributed by atoms with van der Waals surface area (Å²) in [6.07, 6.45) is 1.88. The highest BCUT2D eigenvalue weighted by Gasteiger charge is 2.48. The molecule has 2 aromatic carbocycles. The van der Waals surface area contributed by atoms with Gasteiger partial charge in [-0.25, -0.2) is 14.2 Å². The molecule has 4 rings (SSSR count). The number of anilines is 1. The topological polar surface area (TPSA) is 106 Å². The van der Waals surface area contributed by atoms with Gasteiger partial charge < -0.3 is 14.6 Å². The lowest BCUT2D eigenvalue weighted by Gasteiger charge is -2.23. The van der Waals surface area contributed by atoms with Gasteiger partial charge in [-0.3, -0.25) is 14.5 Å². The van der Waals surface area contributed by atoms with Gasteiger partial charge in [0.2, 0.25) is 0 Å². The van der Waals surface area contributed by atoms with Gasteiger partial charge in [-0.15, -0.1) is 0 Å². The molecule has 1 amide bonds. The highest BCUT2D eigenvalue weighted by molar-refractivity contribution is 7.17. The number of ether oxygens (including phenoxy) is 2. The van der Waals surface area contributed by atoms with Gasteiger partial charge in [-0.05, 0) is 62.2 Å². The Bertz CT molecular complexity index is 1400. The smallest absolute Gasteiger partial charge is 0.350 e. The van der Waals surface area contributed by atoms with Crippen molar-refractivity contribution < 1.29 is 33.4 Å². The zero-order valence-electron chi connectivity index (χ0n) is 21.2. The van der Waals surface area contributed by atoms with Crippen molar-refractivity contribution in [3.8, 4) is 5.75 Å². The number of amides is 1. The fraction of sp³-hybridized carbons (Fsp3) is 0.286. The summed E-state index contributed by atoms with van der Waals surface area (Å²) in [5.74, 6) is -2.91.